The van der Waals surface area contributed by atoms with Gasteiger partial charge in [0.2, 0.25) is 0 Å². The largest absolute Gasteiger partial charge is 0.370 e. The molecule has 0 N–H and O–H groups in total. The lowest BCUT2D eigenvalue weighted by Crippen LogP contribution is -2.40. The van der Waals surface area contributed by atoms with Crippen molar-refractivity contribution in [2.75, 3.05) is 36.5 Å². The maximum atomic E-state index is 13.6. The van der Waals surface area contributed by atoms with Crippen molar-refractivity contribution in [3.8, 4) is 27.2 Å². The van der Waals surface area contributed by atoms with Crippen molar-refractivity contribution in [2.24, 2.45) is 15.7 Å². The molecule has 0 spiro atoms. The predicted octanol–water partition coefficient (Wildman–Crippen LogP) is 6.47. The van der Waals surface area contributed by atoms with Gasteiger partial charge in [-0.05, 0) is 55.5 Å². The SMILES string of the molecule is CN=S1(=O)CCN(c2ccc(-c3sc(-c4ccc(F)cn4)nc3[C@@H]3CCCC[C@H]3C(=O)CC3(C#N)CC3)cc2)CC1. The molecule has 3 aliphatic rings. The van der Waals surface area contributed by atoms with E-state index in [0.29, 0.717) is 41.7 Å². The number of ketones is 1. The molecule has 3 aromatic rings. The molecule has 3 fully saturated rings. The van der Waals surface area contributed by atoms with Gasteiger partial charge in [-0.1, -0.05) is 25.0 Å². The third kappa shape index (κ3) is 5.80. The highest BCUT2D eigenvalue weighted by Crippen LogP contribution is 2.51. The highest BCUT2D eigenvalue weighted by molar-refractivity contribution is 7.93. The fourth-order valence-electron chi connectivity index (χ4n) is 6.17. The summed E-state index contributed by atoms with van der Waals surface area (Å²) in [5, 5.41) is 10.3. The second-order valence-corrected chi connectivity index (χ2v) is 15.3. The molecule has 3 heterocycles. The third-order valence-corrected chi connectivity index (χ3v) is 12.4. The number of hydrogen-bond donors (Lipinski definition) is 0. The minimum Gasteiger partial charge on any atom is -0.370 e. The molecule has 1 saturated heterocycles. The number of pyridine rings is 1. The van der Waals surface area contributed by atoms with Gasteiger partial charge in [-0.25, -0.2) is 17.9 Å². The van der Waals surface area contributed by atoms with E-state index < -0.39 is 21.0 Å². The summed E-state index contributed by atoms with van der Waals surface area (Å²) >= 11 is 1.53. The first-order valence-corrected chi connectivity index (χ1v) is 17.0. The second-order valence-electron chi connectivity index (χ2n) is 11.5. The monoisotopic (exact) mass is 591 g/mol. The average Bonchev–Trinajstić information content (AvgIpc) is 3.64. The number of nitriles is 1. The Balaban J connectivity index is 1.33. The van der Waals surface area contributed by atoms with Gasteiger partial charge in [0.15, 0.2) is 0 Å². The van der Waals surface area contributed by atoms with Gasteiger partial charge in [-0.2, -0.15) is 5.26 Å². The topological polar surface area (TPSA) is 99.3 Å². The first kappa shape index (κ1) is 28.0. The van der Waals surface area contributed by atoms with Crippen LogP contribution in [0.25, 0.3) is 21.1 Å². The summed E-state index contributed by atoms with van der Waals surface area (Å²) in [7, 11) is -0.438. The number of carbonyl (C=O) groups is 1. The van der Waals surface area contributed by atoms with Crippen LogP contribution in [0.1, 0.15) is 56.6 Å². The highest BCUT2D eigenvalue weighted by Gasteiger charge is 2.47. The summed E-state index contributed by atoms with van der Waals surface area (Å²) < 4.78 is 30.4. The van der Waals surface area contributed by atoms with Gasteiger partial charge in [0.1, 0.15) is 16.6 Å². The van der Waals surface area contributed by atoms with Crippen molar-refractivity contribution < 1.29 is 13.4 Å². The van der Waals surface area contributed by atoms with Crippen LogP contribution in [0, 0.1) is 28.5 Å². The van der Waals surface area contributed by atoms with Crippen LogP contribution >= 0.6 is 11.3 Å². The Morgan fingerprint density at radius 3 is 2.54 bits per heavy atom. The van der Waals surface area contributed by atoms with E-state index in [1.54, 1.807) is 13.1 Å². The zero-order valence-electron chi connectivity index (χ0n) is 23.2. The predicted molar refractivity (Wildman–Crippen MR) is 161 cm³/mol. The number of thiazole rings is 1. The molecule has 2 aliphatic carbocycles. The molecule has 0 bridgehead atoms. The van der Waals surface area contributed by atoms with Crippen LogP contribution in [0.5, 0.6) is 0 Å². The van der Waals surface area contributed by atoms with Crippen LogP contribution < -0.4 is 4.90 Å². The molecule has 2 saturated carbocycles. The lowest BCUT2D eigenvalue weighted by molar-refractivity contribution is -0.125. The van der Waals surface area contributed by atoms with Crippen LogP contribution in [-0.4, -0.2) is 51.6 Å². The van der Waals surface area contributed by atoms with E-state index in [-0.39, 0.29) is 17.6 Å². The number of anilines is 1. The molecule has 214 valence electrons. The molecule has 0 amide bonds. The minimum atomic E-state index is -2.08. The van der Waals surface area contributed by atoms with Crippen LogP contribution in [0.3, 0.4) is 0 Å². The molecule has 0 radical (unpaired) electrons. The zero-order chi connectivity index (χ0) is 28.6. The van der Waals surface area contributed by atoms with E-state index in [2.05, 4.69) is 44.6 Å². The van der Waals surface area contributed by atoms with Crippen molar-refractivity contribution >= 4 is 32.5 Å². The normalized spacial score (nSPS) is 23.0. The van der Waals surface area contributed by atoms with E-state index in [1.165, 1.54) is 23.6 Å². The maximum absolute atomic E-state index is 13.6. The van der Waals surface area contributed by atoms with E-state index >= 15 is 0 Å². The molecule has 1 aromatic carbocycles. The number of rotatable bonds is 7. The van der Waals surface area contributed by atoms with E-state index in [1.807, 2.05) is 0 Å². The molecule has 1 aliphatic heterocycles. The van der Waals surface area contributed by atoms with Gasteiger partial charge in [0, 0.05) is 65.3 Å². The molecule has 0 unspecified atom stereocenters. The van der Waals surface area contributed by atoms with Gasteiger partial charge >= 0.3 is 0 Å². The molecule has 7 nitrogen and oxygen atoms in total. The van der Waals surface area contributed by atoms with E-state index in [9.17, 15) is 18.7 Å². The molecule has 41 heavy (non-hydrogen) atoms. The number of nitrogens with zero attached hydrogens (tertiary/aromatic N) is 5. The number of aromatic nitrogens is 2. The van der Waals surface area contributed by atoms with Crippen LogP contribution in [0.15, 0.2) is 47.0 Å². The number of benzene rings is 1. The number of halogens is 1. The van der Waals surface area contributed by atoms with Crippen LogP contribution in [0.4, 0.5) is 10.1 Å². The summed E-state index contributed by atoms with van der Waals surface area (Å²) in [5.41, 5.74) is 3.15. The maximum Gasteiger partial charge on any atom is 0.142 e. The van der Waals surface area contributed by atoms with Crippen molar-refractivity contribution in [1.29, 1.82) is 5.26 Å². The molecule has 2 aromatic heterocycles. The Bertz CT molecular complexity index is 1580. The van der Waals surface area contributed by atoms with Gasteiger partial charge in [0.25, 0.3) is 0 Å². The van der Waals surface area contributed by atoms with E-state index in [4.69, 9.17) is 4.98 Å². The Hall–Kier alpha value is -3.16. The summed E-state index contributed by atoms with van der Waals surface area (Å²) in [4.78, 5) is 26.2. The number of Topliss-reactive ketones (excluding diaryl/α,β-unsaturated/α-hetero) is 1. The summed E-state index contributed by atoms with van der Waals surface area (Å²) in [6.07, 6.45) is 6.87. The lowest BCUT2D eigenvalue weighted by Gasteiger charge is -2.31. The van der Waals surface area contributed by atoms with Crippen molar-refractivity contribution in [1.82, 2.24) is 9.97 Å². The Kier molecular flexibility index (Phi) is 7.68. The first-order chi connectivity index (χ1) is 19.8. The van der Waals surface area contributed by atoms with Gasteiger partial charge < -0.3 is 4.90 Å². The van der Waals surface area contributed by atoms with Gasteiger partial charge in [-0.15, -0.1) is 11.3 Å². The highest BCUT2D eigenvalue weighted by atomic mass is 32.2. The van der Waals surface area contributed by atoms with Crippen molar-refractivity contribution in [3.05, 3.63) is 54.1 Å². The Morgan fingerprint density at radius 1 is 1.17 bits per heavy atom. The minimum absolute atomic E-state index is 0.0288. The van der Waals surface area contributed by atoms with Gasteiger partial charge in [0.05, 0.1) is 33.9 Å². The van der Waals surface area contributed by atoms with Crippen molar-refractivity contribution in [3.63, 3.8) is 0 Å². The lowest BCUT2D eigenvalue weighted by atomic mass is 9.73. The average molecular weight is 592 g/mol. The van der Waals surface area contributed by atoms with E-state index in [0.717, 1.165) is 60.3 Å². The molecule has 2 atom stereocenters. The molecular formula is C31H34FN5O2S2. The summed E-state index contributed by atoms with van der Waals surface area (Å²) in [6, 6.07) is 13.8. The van der Waals surface area contributed by atoms with Gasteiger partial charge in [-0.3, -0.25) is 9.78 Å². The Labute approximate surface area is 245 Å². The fourth-order valence-corrected chi connectivity index (χ4v) is 8.87. The number of carbonyl (C=O) groups excluding carboxylic acids is 1. The molecular weight excluding hydrogens is 558 g/mol. The quantitative estimate of drug-likeness (QED) is 0.312. The Morgan fingerprint density at radius 2 is 1.90 bits per heavy atom. The number of hydrogen-bond acceptors (Lipinski definition) is 8. The smallest absolute Gasteiger partial charge is 0.142 e. The molecule has 10 heteroatoms. The van der Waals surface area contributed by atoms with Crippen molar-refractivity contribution in [2.45, 2.75) is 50.9 Å². The van der Waals surface area contributed by atoms with Crippen LogP contribution in [-0.2, 0) is 14.5 Å². The first-order valence-electron chi connectivity index (χ1n) is 14.3. The third-order valence-electron chi connectivity index (χ3n) is 8.92. The fraction of sp³-hybridized carbons (Fsp3) is 0.484. The zero-order valence-corrected chi connectivity index (χ0v) is 24.9. The molecule has 6 rings (SSSR count). The summed E-state index contributed by atoms with van der Waals surface area (Å²) in [6.45, 7) is 1.41. The summed E-state index contributed by atoms with van der Waals surface area (Å²) in [5.74, 6) is 0.747. The standard InChI is InChI=1S/C31H34FN5O2S2/c1-34-41(39)16-14-37(15-17-41)23-9-6-21(7-10-23)29-28(36-30(40-29)26-11-8-22(32)19-35-26)25-5-3-2-4-24(25)27(38)18-31(20-33)12-13-31/h6-11,19,24-25H,2-5,12-18H2,1H3/t24-,25-/m1/s1. The second kappa shape index (κ2) is 11.3. The van der Waals surface area contributed by atoms with Crippen LogP contribution in [0.2, 0.25) is 0 Å².